The second kappa shape index (κ2) is 9.87. The molecular formula is C20H24BrClN2O3S. The summed E-state index contributed by atoms with van der Waals surface area (Å²) in [6, 6.07) is 11.8. The van der Waals surface area contributed by atoms with Gasteiger partial charge in [-0.1, -0.05) is 47.4 Å². The highest BCUT2D eigenvalue weighted by molar-refractivity contribution is 9.10. The summed E-state index contributed by atoms with van der Waals surface area (Å²) >= 11 is 9.47. The Hall–Kier alpha value is -1.41. The van der Waals surface area contributed by atoms with E-state index >= 15 is 0 Å². The van der Waals surface area contributed by atoms with Crippen molar-refractivity contribution < 1.29 is 13.2 Å². The van der Waals surface area contributed by atoms with Gasteiger partial charge in [-0.05, 0) is 49.5 Å². The fourth-order valence-electron chi connectivity index (χ4n) is 2.85. The van der Waals surface area contributed by atoms with Gasteiger partial charge < -0.3 is 9.80 Å². The molecule has 1 amide bonds. The summed E-state index contributed by atoms with van der Waals surface area (Å²) in [5.74, 6) is -0.271. The lowest BCUT2D eigenvalue weighted by Crippen LogP contribution is -2.39. The highest BCUT2D eigenvalue weighted by Crippen LogP contribution is 2.26. The minimum atomic E-state index is -3.54. The Morgan fingerprint density at radius 3 is 2.32 bits per heavy atom. The molecule has 0 aliphatic heterocycles. The summed E-state index contributed by atoms with van der Waals surface area (Å²) < 4.78 is 24.8. The maximum absolute atomic E-state index is 13.3. The predicted octanol–water partition coefficient (Wildman–Crippen LogP) is 4.49. The SMILES string of the molecule is CCN(CC)CCN(C(=O)c1ccc(Cl)c(S(C)(=O)=O)c1)c1cccc(Br)c1. The summed E-state index contributed by atoms with van der Waals surface area (Å²) in [6.45, 7) is 7.11. The first-order chi connectivity index (χ1) is 13.2. The molecule has 0 unspecified atom stereocenters. The summed E-state index contributed by atoms with van der Waals surface area (Å²) in [7, 11) is -3.54. The van der Waals surface area contributed by atoms with E-state index in [4.69, 9.17) is 11.6 Å². The molecular weight excluding hydrogens is 464 g/mol. The molecule has 0 aliphatic carbocycles. The fraction of sp³-hybridized carbons (Fsp3) is 0.350. The van der Waals surface area contributed by atoms with Gasteiger partial charge in [-0.2, -0.15) is 0 Å². The number of hydrogen-bond donors (Lipinski definition) is 0. The van der Waals surface area contributed by atoms with Crippen LogP contribution in [0.4, 0.5) is 5.69 Å². The summed E-state index contributed by atoms with van der Waals surface area (Å²) in [6.07, 6.45) is 1.08. The number of sulfone groups is 1. The minimum Gasteiger partial charge on any atom is -0.307 e. The zero-order valence-electron chi connectivity index (χ0n) is 16.2. The zero-order chi connectivity index (χ0) is 20.9. The molecule has 5 nitrogen and oxygen atoms in total. The van der Waals surface area contributed by atoms with E-state index in [2.05, 4.69) is 34.7 Å². The van der Waals surface area contributed by atoms with Gasteiger partial charge in [0.25, 0.3) is 5.91 Å². The smallest absolute Gasteiger partial charge is 0.258 e. The number of amides is 1. The maximum Gasteiger partial charge on any atom is 0.258 e. The average Bonchev–Trinajstić information content (AvgIpc) is 2.64. The van der Waals surface area contributed by atoms with E-state index in [9.17, 15) is 13.2 Å². The maximum atomic E-state index is 13.3. The molecule has 0 heterocycles. The molecule has 0 atom stereocenters. The van der Waals surface area contributed by atoms with Crippen molar-refractivity contribution in [2.24, 2.45) is 0 Å². The first-order valence-corrected chi connectivity index (χ1v) is 12.0. The van der Waals surface area contributed by atoms with E-state index in [1.165, 1.54) is 12.1 Å². The molecule has 28 heavy (non-hydrogen) atoms. The fourth-order valence-corrected chi connectivity index (χ4v) is 4.54. The molecule has 2 aromatic rings. The van der Waals surface area contributed by atoms with Gasteiger partial charge >= 0.3 is 0 Å². The van der Waals surface area contributed by atoms with Gasteiger partial charge in [0.1, 0.15) is 0 Å². The van der Waals surface area contributed by atoms with Crippen LogP contribution in [0.2, 0.25) is 5.02 Å². The number of likely N-dealkylation sites (N-methyl/N-ethyl adjacent to an activating group) is 1. The van der Waals surface area contributed by atoms with Crippen molar-refractivity contribution in [2.45, 2.75) is 18.7 Å². The van der Waals surface area contributed by atoms with E-state index in [1.54, 1.807) is 11.0 Å². The number of anilines is 1. The summed E-state index contributed by atoms with van der Waals surface area (Å²) in [5, 5.41) is 0.108. The van der Waals surface area contributed by atoms with Gasteiger partial charge in [0.2, 0.25) is 0 Å². The Bertz CT molecular complexity index is 946. The first kappa shape index (κ1) is 22.9. The van der Waals surface area contributed by atoms with Crippen LogP contribution < -0.4 is 4.90 Å². The van der Waals surface area contributed by atoms with Crippen LogP contribution in [0.3, 0.4) is 0 Å². The normalized spacial score (nSPS) is 11.6. The van der Waals surface area contributed by atoms with Gasteiger partial charge in [0, 0.05) is 35.1 Å². The zero-order valence-corrected chi connectivity index (χ0v) is 19.3. The van der Waals surface area contributed by atoms with Crippen LogP contribution in [0, 0.1) is 0 Å². The lowest BCUT2D eigenvalue weighted by atomic mass is 10.1. The van der Waals surface area contributed by atoms with Crippen LogP contribution in [-0.2, 0) is 9.84 Å². The molecule has 0 aromatic heterocycles. The molecule has 0 N–H and O–H groups in total. The quantitative estimate of drug-likeness (QED) is 0.550. The van der Waals surface area contributed by atoms with Crippen molar-refractivity contribution >= 4 is 49.0 Å². The third-order valence-electron chi connectivity index (χ3n) is 4.48. The highest BCUT2D eigenvalue weighted by atomic mass is 79.9. The number of rotatable bonds is 8. The number of nitrogens with zero attached hydrogens (tertiary/aromatic N) is 2. The Balaban J connectivity index is 2.44. The molecule has 152 valence electrons. The molecule has 0 spiro atoms. The van der Waals surface area contributed by atoms with Crippen molar-refractivity contribution in [1.29, 1.82) is 0 Å². The van der Waals surface area contributed by atoms with Gasteiger partial charge in [-0.25, -0.2) is 8.42 Å². The Morgan fingerprint density at radius 2 is 1.75 bits per heavy atom. The van der Waals surface area contributed by atoms with Gasteiger partial charge in [0.15, 0.2) is 9.84 Å². The molecule has 0 aliphatic rings. The van der Waals surface area contributed by atoms with E-state index in [1.807, 2.05) is 24.3 Å². The second-order valence-electron chi connectivity index (χ2n) is 6.38. The molecule has 8 heteroatoms. The van der Waals surface area contributed by atoms with Crippen LogP contribution in [0.1, 0.15) is 24.2 Å². The third kappa shape index (κ3) is 5.80. The standard InChI is InChI=1S/C20H24BrClN2O3S/c1-4-23(5-2)11-12-24(17-8-6-7-16(21)14-17)20(25)15-9-10-18(22)19(13-15)28(3,26)27/h6-10,13-14H,4-5,11-12H2,1-3H3. The van der Waals surface area contributed by atoms with Crippen LogP contribution in [0.15, 0.2) is 51.8 Å². The van der Waals surface area contributed by atoms with Gasteiger partial charge in [0.05, 0.1) is 9.92 Å². The molecule has 2 rings (SSSR count). The topological polar surface area (TPSA) is 57.7 Å². The van der Waals surface area contributed by atoms with E-state index < -0.39 is 9.84 Å². The van der Waals surface area contributed by atoms with Crippen molar-refractivity contribution in [3.63, 3.8) is 0 Å². The number of carbonyl (C=O) groups is 1. The highest BCUT2D eigenvalue weighted by Gasteiger charge is 2.22. The molecule has 0 saturated carbocycles. The number of halogens is 2. The Kier molecular flexibility index (Phi) is 8.07. The van der Waals surface area contributed by atoms with Crippen LogP contribution in [0.25, 0.3) is 0 Å². The van der Waals surface area contributed by atoms with Crippen molar-refractivity contribution in [3.05, 3.63) is 57.5 Å². The second-order valence-corrected chi connectivity index (χ2v) is 9.69. The van der Waals surface area contributed by atoms with Crippen molar-refractivity contribution in [1.82, 2.24) is 4.90 Å². The van der Waals surface area contributed by atoms with Crippen molar-refractivity contribution in [3.8, 4) is 0 Å². The molecule has 0 radical (unpaired) electrons. The lowest BCUT2D eigenvalue weighted by Gasteiger charge is -2.27. The summed E-state index contributed by atoms with van der Waals surface area (Å²) in [5.41, 5.74) is 1.02. The first-order valence-electron chi connectivity index (χ1n) is 8.96. The largest absolute Gasteiger partial charge is 0.307 e. The van der Waals surface area contributed by atoms with Crippen LogP contribution >= 0.6 is 27.5 Å². The van der Waals surface area contributed by atoms with Gasteiger partial charge in [-0.15, -0.1) is 0 Å². The third-order valence-corrected chi connectivity index (χ3v) is 6.55. The minimum absolute atomic E-state index is 0.0436. The van der Waals surface area contributed by atoms with Gasteiger partial charge in [-0.3, -0.25) is 4.79 Å². The van der Waals surface area contributed by atoms with E-state index in [-0.39, 0.29) is 21.4 Å². The van der Waals surface area contributed by atoms with E-state index in [0.717, 1.165) is 29.5 Å². The van der Waals surface area contributed by atoms with Crippen LogP contribution in [0.5, 0.6) is 0 Å². The lowest BCUT2D eigenvalue weighted by molar-refractivity contribution is 0.0983. The Labute approximate surface area is 180 Å². The molecule has 0 bridgehead atoms. The number of hydrogen-bond acceptors (Lipinski definition) is 4. The predicted molar refractivity (Wildman–Crippen MR) is 118 cm³/mol. The number of carbonyl (C=O) groups excluding carboxylic acids is 1. The average molecular weight is 488 g/mol. The van der Waals surface area contributed by atoms with E-state index in [0.29, 0.717) is 13.1 Å². The molecule has 0 fully saturated rings. The van der Waals surface area contributed by atoms with Crippen molar-refractivity contribution in [2.75, 3.05) is 37.3 Å². The molecule has 0 saturated heterocycles. The Morgan fingerprint density at radius 1 is 1.07 bits per heavy atom. The number of benzene rings is 2. The van der Waals surface area contributed by atoms with Crippen LogP contribution in [-0.4, -0.2) is 51.7 Å². The molecule has 2 aromatic carbocycles. The summed E-state index contributed by atoms with van der Waals surface area (Å²) in [4.78, 5) is 17.1. The monoisotopic (exact) mass is 486 g/mol.